The summed E-state index contributed by atoms with van der Waals surface area (Å²) in [4.78, 5) is 24.3. The van der Waals surface area contributed by atoms with Crippen LogP contribution in [0.25, 0.3) is 11.0 Å². The summed E-state index contributed by atoms with van der Waals surface area (Å²) in [5, 5.41) is 0.800. The van der Waals surface area contributed by atoms with E-state index in [-0.39, 0.29) is 29.8 Å². The molecule has 0 N–H and O–H groups in total. The summed E-state index contributed by atoms with van der Waals surface area (Å²) in [5.74, 6) is -0.123. The first-order valence-electron chi connectivity index (χ1n) is 8.55. The zero-order valence-corrected chi connectivity index (χ0v) is 15.4. The van der Waals surface area contributed by atoms with Crippen LogP contribution in [0.2, 0.25) is 0 Å². The standard InChI is InChI=1S/C21H24O4/c1-12(2)8-16-19(21(16,4)5)20(23)24-11-14-10-18(22)25-17-9-13(3)6-7-15(14)17/h6-10,16,19H,11H2,1-5H3/t16-,19+/m1/s1. The Morgan fingerprint density at radius 2 is 2.00 bits per heavy atom. The molecule has 0 bridgehead atoms. The number of carbonyl (C=O) groups is 1. The molecule has 1 saturated carbocycles. The summed E-state index contributed by atoms with van der Waals surface area (Å²) in [5.41, 5.74) is 2.90. The van der Waals surface area contributed by atoms with Crippen molar-refractivity contribution in [1.29, 1.82) is 0 Å². The van der Waals surface area contributed by atoms with Gasteiger partial charge in [-0.2, -0.15) is 0 Å². The number of allylic oxidation sites excluding steroid dienone is 2. The molecule has 1 aromatic carbocycles. The molecule has 0 saturated heterocycles. The maximum Gasteiger partial charge on any atom is 0.336 e. The van der Waals surface area contributed by atoms with E-state index in [1.807, 2.05) is 39.0 Å². The van der Waals surface area contributed by atoms with E-state index in [1.165, 1.54) is 11.6 Å². The minimum Gasteiger partial charge on any atom is -0.461 e. The third-order valence-corrected chi connectivity index (χ3v) is 5.03. The van der Waals surface area contributed by atoms with Crippen LogP contribution in [-0.4, -0.2) is 5.97 Å². The van der Waals surface area contributed by atoms with Crippen LogP contribution in [0.3, 0.4) is 0 Å². The second-order valence-corrected chi connectivity index (χ2v) is 7.77. The van der Waals surface area contributed by atoms with Gasteiger partial charge in [-0.3, -0.25) is 4.79 Å². The molecule has 2 atom stereocenters. The molecule has 1 aliphatic rings. The molecule has 1 fully saturated rings. The largest absolute Gasteiger partial charge is 0.461 e. The van der Waals surface area contributed by atoms with Crippen molar-refractivity contribution in [2.75, 3.05) is 0 Å². The number of rotatable bonds is 4. The van der Waals surface area contributed by atoms with Crippen molar-refractivity contribution >= 4 is 16.9 Å². The van der Waals surface area contributed by atoms with E-state index in [1.54, 1.807) is 0 Å². The van der Waals surface area contributed by atoms with E-state index in [4.69, 9.17) is 9.15 Å². The van der Waals surface area contributed by atoms with Crippen molar-refractivity contribution in [3.8, 4) is 0 Å². The average molecular weight is 340 g/mol. The van der Waals surface area contributed by atoms with Gasteiger partial charge in [0.2, 0.25) is 0 Å². The molecule has 0 aliphatic heterocycles. The molecule has 4 nitrogen and oxygen atoms in total. The summed E-state index contributed by atoms with van der Waals surface area (Å²) in [6.45, 7) is 10.3. The second-order valence-electron chi connectivity index (χ2n) is 7.77. The first-order chi connectivity index (χ1) is 11.7. The molecular formula is C21H24O4. The van der Waals surface area contributed by atoms with Gasteiger partial charge >= 0.3 is 11.6 Å². The van der Waals surface area contributed by atoms with Crippen LogP contribution in [0, 0.1) is 24.2 Å². The lowest BCUT2D eigenvalue weighted by Crippen LogP contribution is -2.12. The van der Waals surface area contributed by atoms with Gasteiger partial charge in [-0.05, 0) is 43.7 Å². The van der Waals surface area contributed by atoms with Crippen LogP contribution in [0.4, 0.5) is 0 Å². The molecule has 1 aromatic heterocycles. The van der Waals surface area contributed by atoms with E-state index in [9.17, 15) is 9.59 Å². The third kappa shape index (κ3) is 3.39. The van der Waals surface area contributed by atoms with Crippen molar-refractivity contribution in [3.05, 3.63) is 57.5 Å². The Morgan fingerprint density at radius 1 is 1.28 bits per heavy atom. The van der Waals surface area contributed by atoms with E-state index < -0.39 is 5.63 Å². The molecule has 4 heteroatoms. The molecular weight excluding hydrogens is 316 g/mol. The molecule has 25 heavy (non-hydrogen) atoms. The normalized spacial score (nSPS) is 21.0. The van der Waals surface area contributed by atoms with Gasteiger partial charge in [0.15, 0.2) is 0 Å². The summed E-state index contributed by atoms with van der Waals surface area (Å²) < 4.78 is 10.8. The Hall–Kier alpha value is -2.36. The Balaban J connectivity index is 1.79. The number of hydrogen-bond donors (Lipinski definition) is 0. The van der Waals surface area contributed by atoms with Gasteiger partial charge in [0.25, 0.3) is 0 Å². The van der Waals surface area contributed by atoms with Crippen molar-refractivity contribution in [2.24, 2.45) is 17.3 Å². The summed E-state index contributed by atoms with van der Waals surface area (Å²) >= 11 is 0. The van der Waals surface area contributed by atoms with Gasteiger partial charge in [0, 0.05) is 17.0 Å². The topological polar surface area (TPSA) is 56.5 Å². The van der Waals surface area contributed by atoms with Crippen LogP contribution in [0.5, 0.6) is 0 Å². The van der Waals surface area contributed by atoms with Crippen LogP contribution < -0.4 is 5.63 Å². The Bertz CT molecular complexity index is 913. The Labute approximate surface area is 147 Å². The highest BCUT2D eigenvalue weighted by atomic mass is 16.5. The van der Waals surface area contributed by atoms with Gasteiger partial charge < -0.3 is 9.15 Å². The lowest BCUT2D eigenvalue weighted by molar-refractivity contribution is -0.147. The highest BCUT2D eigenvalue weighted by Gasteiger charge is 2.61. The lowest BCUT2D eigenvalue weighted by atomic mass is 10.1. The van der Waals surface area contributed by atoms with Crippen LogP contribution >= 0.6 is 0 Å². The summed E-state index contributed by atoms with van der Waals surface area (Å²) in [6.07, 6.45) is 2.14. The van der Waals surface area contributed by atoms with Gasteiger partial charge in [-0.25, -0.2) is 4.79 Å². The van der Waals surface area contributed by atoms with E-state index in [2.05, 4.69) is 19.9 Å². The van der Waals surface area contributed by atoms with Gasteiger partial charge in [-0.15, -0.1) is 0 Å². The predicted octanol–water partition coefficient (Wildman–Crippen LogP) is 4.38. The highest BCUT2D eigenvalue weighted by molar-refractivity contribution is 5.82. The van der Waals surface area contributed by atoms with Crippen LogP contribution in [0.1, 0.15) is 38.8 Å². The van der Waals surface area contributed by atoms with Crippen LogP contribution in [-0.2, 0) is 16.1 Å². The first-order valence-corrected chi connectivity index (χ1v) is 8.55. The molecule has 2 aromatic rings. The summed E-state index contributed by atoms with van der Waals surface area (Å²) in [7, 11) is 0. The summed E-state index contributed by atoms with van der Waals surface area (Å²) in [6, 6.07) is 7.06. The second kappa shape index (κ2) is 6.17. The zero-order chi connectivity index (χ0) is 18.4. The molecule has 132 valence electrons. The van der Waals surface area contributed by atoms with Gasteiger partial charge in [0.05, 0.1) is 5.92 Å². The van der Waals surface area contributed by atoms with E-state index in [0.717, 1.165) is 10.9 Å². The third-order valence-electron chi connectivity index (χ3n) is 5.03. The molecule has 1 heterocycles. The molecule has 0 unspecified atom stereocenters. The molecule has 0 spiro atoms. The number of aryl methyl sites for hydroxylation is 1. The number of hydrogen-bond acceptors (Lipinski definition) is 4. The maximum absolute atomic E-state index is 12.5. The number of fused-ring (bicyclic) bond motifs is 1. The van der Waals surface area contributed by atoms with E-state index >= 15 is 0 Å². The zero-order valence-electron chi connectivity index (χ0n) is 15.4. The monoisotopic (exact) mass is 340 g/mol. The fourth-order valence-electron chi connectivity index (χ4n) is 3.49. The lowest BCUT2D eigenvalue weighted by Gasteiger charge is -2.08. The predicted molar refractivity (Wildman–Crippen MR) is 97.2 cm³/mol. The average Bonchev–Trinajstić information content (AvgIpc) is 3.03. The maximum atomic E-state index is 12.5. The van der Waals surface area contributed by atoms with Crippen LogP contribution in [0.15, 0.2) is 45.1 Å². The Kier molecular flexibility index (Phi) is 4.31. The SMILES string of the molecule is CC(C)=C[C@@H]1[C@@H](C(=O)OCc2cc(=O)oc3cc(C)ccc23)C1(C)C. The highest BCUT2D eigenvalue weighted by Crippen LogP contribution is 2.59. The smallest absolute Gasteiger partial charge is 0.336 e. The number of ether oxygens (including phenoxy) is 1. The fraction of sp³-hybridized carbons (Fsp3) is 0.429. The van der Waals surface area contributed by atoms with Crippen molar-refractivity contribution in [3.63, 3.8) is 0 Å². The number of benzene rings is 1. The molecule has 1 aliphatic carbocycles. The first kappa shape index (κ1) is 17.5. The Morgan fingerprint density at radius 3 is 2.68 bits per heavy atom. The fourth-order valence-corrected chi connectivity index (χ4v) is 3.49. The van der Waals surface area contributed by atoms with Gasteiger partial charge in [-0.1, -0.05) is 37.6 Å². The molecule has 0 radical (unpaired) electrons. The minimum atomic E-state index is -0.432. The quantitative estimate of drug-likeness (QED) is 0.471. The van der Waals surface area contributed by atoms with Crippen molar-refractivity contribution < 1.29 is 13.9 Å². The van der Waals surface area contributed by atoms with E-state index in [0.29, 0.717) is 11.1 Å². The van der Waals surface area contributed by atoms with Crippen molar-refractivity contribution in [1.82, 2.24) is 0 Å². The minimum absolute atomic E-state index is 0.0801. The van der Waals surface area contributed by atoms with Gasteiger partial charge in [0.1, 0.15) is 12.2 Å². The van der Waals surface area contributed by atoms with Crippen molar-refractivity contribution in [2.45, 2.75) is 41.2 Å². The number of carbonyl (C=O) groups excluding carboxylic acids is 1. The molecule has 3 rings (SSSR count). The number of esters is 1. The molecule has 0 amide bonds.